The van der Waals surface area contributed by atoms with Crippen molar-refractivity contribution in [1.29, 1.82) is 0 Å². The highest BCUT2D eigenvalue weighted by molar-refractivity contribution is 5.76. The van der Waals surface area contributed by atoms with Crippen LogP contribution in [0.1, 0.15) is 39.5 Å². The molecular weight excluding hydrogens is 216 g/mol. The highest BCUT2D eigenvalue weighted by Gasteiger charge is 2.20. The van der Waals surface area contributed by atoms with E-state index in [2.05, 4.69) is 24.5 Å². The molecule has 0 spiro atoms. The Morgan fingerprint density at radius 3 is 2.71 bits per heavy atom. The topological polar surface area (TPSA) is 61.4 Å². The molecule has 0 aromatic heterocycles. The van der Waals surface area contributed by atoms with Gasteiger partial charge in [-0.25, -0.2) is 0 Å². The Balaban J connectivity index is 2.17. The normalized spacial score (nSPS) is 21.8. The fourth-order valence-electron chi connectivity index (χ4n) is 2.44. The first-order chi connectivity index (χ1) is 8.17. The number of aliphatic hydroxyl groups is 1. The number of rotatable bonds is 7. The van der Waals surface area contributed by atoms with Crippen molar-refractivity contribution in [2.45, 2.75) is 45.6 Å². The first kappa shape index (κ1) is 14.5. The largest absolute Gasteiger partial charge is 0.391 e. The molecular formula is C13H26N2O2. The molecule has 2 unspecified atom stereocenters. The van der Waals surface area contributed by atoms with Crippen LogP contribution < -0.4 is 10.6 Å². The minimum absolute atomic E-state index is 0.0729. The molecule has 2 atom stereocenters. The number of amides is 1. The van der Waals surface area contributed by atoms with Crippen LogP contribution in [-0.2, 0) is 4.79 Å². The second-order valence-corrected chi connectivity index (χ2v) is 5.01. The molecule has 1 saturated heterocycles. The maximum Gasteiger partial charge on any atom is 0.220 e. The van der Waals surface area contributed by atoms with Gasteiger partial charge in [0.25, 0.3) is 0 Å². The van der Waals surface area contributed by atoms with E-state index in [9.17, 15) is 9.90 Å². The average molecular weight is 242 g/mol. The molecule has 0 bridgehead atoms. The van der Waals surface area contributed by atoms with Crippen LogP contribution in [0.4, 0.5) is 0 Å². The standard InChI is InChI=1S/C13H26N2O2/c1-3-11(4-2)12(16)9-15-13(17)7-10-5-6-14-8-10/h10-12,14,16H,3-9H2,1-2H3,(H,15,17). The van der Waals surface area contributed by atoms with Crippen molar-refractivity contribution in [2.24, 2.45) is 11.8 Å². The van der Waals surface area contributed by atoms with Gasteiger partial charge in [0.15, 0.2) is 0 Å². The molecule has 0 aromatic rings. The van der Waals surface area contributed by atoms with E-state index in [-0.39, 0.29) is 5.91 Å². The molecule has 1 aliphatic rings. The smallest absolute Gasteiger partial charge is 0.220 e. The summed E-state index contributed by atoms with van der Waals surface area (Å²) in [4.78, 5) is 11.7. The molecule has 0 saturated carbocycles. The van der Waals surface area contributed by atoms with E-state index in [1.54, 1.807) is 0 Å². The van der Waals surface area contributed by atoms with E-state index in [0.29, 0.717) is 24.8 Å². The lowest BCUT2D eigenvalue weighted by molar-refractivity contribution is -0.122. The lowest BCUT2D eigenvalue weighted by atomic mass is 9.96. The van der Waals surface area contributed by atoms with E-state index in [0.717, 1.165) is 32.4 Å². The summed E-state index contributed by atoms with van der Waals surface area (Å²) in [5, 5.41) is 16.0. The van der Waals surface area contributed by atoms with Crippen molar-refractivity contribution in [3.8, 4) is 0 Å². The molecule has 3 N–H and O–H groups in total. The first-order valence-electron chi connectivity index (χ1n) is 6.82. The molecule has 1 amide bonds. The van der Waals surface area contributed by atoms with Gasteiger partial charge < -0.3 is 15.7 Å². The van der Waals surface area contributed by atoms with Crippen LogP contribution in [0, 0.1) is 11.8 Å². The molecule has 0 aromatic carbocycles. The second kappa shape index (κ2) is 7.67. The third-order valence-corrected chi connectivity index (χ3v) is 3.74. The van der Waals surface area contributed by atoms with Crippen LogP contribution in [0.15, 0.2) is 0 Å². The molecule has 0 aliphatic carbocycles. The van der Waals surface area contributed by atoms with Crippen molar-refractivity contribution >= 4 is 5.91 Å². The molecule has 4 nitrogen and oxygen atoms in total. The summed E-state index contributed by atoms with van der Waals surface area (Å²) >= 11 is 0. The highest BCUT2D eigenvalue weighted by Crippen LogP contribution is 2.13. The summed E-state index contributed by atoms with van der Waals surface area (Å²) in [6.07, 6.45) is 3.18. The monoisotopic (exact) mass is 242 g/mol. The SMILES string of the molecule is CCC(CC)C(O)CNC(=O)CC1CCNC1. The fraction of sp³-hybridized carbons (Fsp3) is 0.923. The van der Waals surface area contributed by atoms with Gasteiger partial charge in [-0.3, -0.25) is 4.79 Å². The van der Waals surface area contributed by atoms with E-state index in [1.165, 1.54) is 0 Å². The maximum atomic E-state index is 11.7. The lowest BCUT2D eigenvalue weighted by Crippen LogP contribution is -2.36. The van der Waals surface area contributed by atoms with Gasteiger partial charge in [0, 0.05) is 13.0 Å². The van der Waals surface area contributed by atoms with Gasteiger partial charge in [-0.2, -0.15) is 0 Å². The van der Waals surface area contributed by atoms with Gasteiger partial charge in [0.1, 0.15) is 0 Å². The molecule has 1 aliphatic heterocycles. The van der Waals surface area contributed by atoms with Crippen molar-refractivity contribution in [2.75, 3.05) is 19.6 Å². The summed E-state index contributed by atoms with van der Waals surface area (Å²) < 4.78 is 0. The van der Waals surface area contributed by atoms with Crippen LogP contribution in [0.2, 0.25) is 0 Å². The third-order valence-electron chi connectivity index (χ3n) is 3.74. The van der Waals surface area contributed by atoms with Gasteiger partial charge in [-0.05, 0) is 31.3 Å². The first-order valence-corrected chi connectivity index (χ1v) is 6.82. The van der Waals surface area contributed by atoms with Gasteiger partial charge in [0.05, 0.1) is 6.10 Å². The minimum Gasteiger partial charge on any atom is -0.391 e. The lowest BCUT2D eigenvalue weighted by Gasteiger charge is -2.20. The van der Waals surface area contributed by atoms with Crippen LogP contribution in [0.3, 0.4) is 0 Å². The molecule has 17 heavy (non-hydrogen) atoms. The Morgan fingerprint density at radius 2 is 2.18 bits per heavy atom. The quantitative estimate of drug-likeness (QED) is 0.621. The van der Waals surface area contributed by atoms with Gasteiger partial charge in [-0.15, -0.1) is 0 Å². The number of hydrogen-bond donors (Lipinski definition) is 3. The van der Waals surface area contributed by atoms with Crippen LogP contribution in [0.25, 0.3) is 0 Å². The third kappa shape index (κ3) is 5.04. The number of carbonyl (C=O) groups is 1. The zero-order valence-electron chi connectivity index (χ0n) is 11.0. The van der Waals surface area contributed by atoms with Crippen molar-refractivity contribution in [1.82, 2.24) is 10.6 Å². The molecule has 1 rings (SSSR count). The van der Waals surface area contributed by atoms with E-state index in [4.69, 9.17) is 0 Å². The molecule has 1 fully saturated rings. The Bertz CT molecular complexity index is 223. The van der Waals surface area contributed by atoms with Gasteiger partial charge in [-0.1, -0.05) is 26.7 Å². The Morgan fingerprint density at radius 1 is 1.47 bits per heavy atom. The number of nitrogens with one attached hydrogen (secondary N) is 2. The minimum atomic E-state index is -0.407. The van der Waals surface area contributed by atoms with Crippen molar-refractivity contribution < 1.29 is 9.90 Å². The summed E-state index contributed by atoms with van der Waals surface area (Å²) in [7, 11) is 0. The van der Waals surface area contributed by atoms with Crippen molar-refractivity contribution in [3.63, 3.8) is 0 Å². The zero-order chi connectivity index (χ0) is 12.7. The van der Waals surface area contributed by atoms with Gasteiger partial charge in [0.2, 0.25) is 5.91 Å². The van der Waals surface area contributed by atoms with Crippen molar-refractivity contribution in [3.05, 3.63) is 0 Å². The van der Waals surface area contributed by atoms with Crippen LogP contribution >= 0.6 is 0 Å². The average Bonchev–Trinajstić information content (AvgIpc) is 2.81. The van der Waals surface area contributed by atoms with E-state index in [1.807, 2.05) is 0 Å². The van der Waals surface area contributed by atoms with Crippen LogP contribution in [0.5, 0.6) is 0 Å². The summed E-state index contributed by atoms with van der Waals surface area (Å²) in [6, 6.07) is 0. The van der Waals surface area contributed by atoms with E-state index < -0.39 is 6.10 Å². The Hall–Kier alpha value is -0.610. The Kier molecular flexibility index (Phi) is 6.52. The summed E-state index contributed by atoms with van der Waals surface area (Å²) in [5.74, 6) is 0.840. The predicted molar refractivity (Wildman–Crippen MR) is 68.7 cm³/mol. The fourth-order valence-corrected chi connectivity index (χ4v) is 2.44. The molecule has 1 heterocycles. The predicted octanol–water partition coefficient (Wildman–Crippen LogP) is 0.899. The molecule has 0 radical (unpaired) electrons. The highest BCUT2D eigenvalue weighted by atomic mass is 16.3. The molecule has 100 valence electrons. The maximum absolute atomic E-state index is 11.7. The Labute approximate surface area is 104 Å². The number of hydrogen-bond acceptors (Lipinski definition) is 3. The molecule has 4 heteroatoms. The summed E-state index contributed by atoms with van der Waals surface area (Å²) in [6.45, 7) is 6.51. The summed E-state index contributed by atoms with van der Waals surface area (Å²) in [5.41, 5.74) is 0. The van der Waals surface area contributed by atoms with Crippen LogP contribution in [-0.4, -0.2) is 36.8 Å². The van der Waals surface area contributed by atoms with Gasteiger partial charge >= 0.3 is 0 Å². The second-order valence-electron chi connectivity index (χ2n) is 5.01. The zero-order valence-corrected chi connectivity index (χ0v) is 11.0. The number of carbonyl (C=O) groups excluding carboxylic acids is 1. The number of aliphatic hydroxyl groups excluding tert-OH is 1. The van der Waals surface area contributed by atoms with E-state index >= 15 is 0 Å².